The van der Waals surface area contributed by atoms with Gasteiger partial charge in [0.15, 0.2) is 0 Å². The summed E-state index contributed by atoms with van der Waals surface area (Å²) in [5.41, 5.74) is 0.205. The molecule has 0 saturated heterocycles. The van der Waals surface area contributed by atoms with E-state index in [1.54, 1.807) is 6.92 Å². The number of nitrogens with zero attached hydrogens (tertiary/aromatic N) is 2. The van der Waals surface area contributed by atoms with Crippen LogP contribution in [-0.2, 0) is 0 Å². The summed E-state index contributed by atoms with van der Waals surface area (Å²) < 4.78 is 5.02. The summed E-state index contributed by atoms with van der Waals surface area (Å²) in [7, 11) is 0. The molecule has 16 heavy (non-hydrogen) atoms. The van der Waals surface area contributed by atoms with Crippen LogP contribution in [0.3, 0.4) is 0 Å². The van der Waals surface area contributed by atoms with Gasteiger partial charge in [-0.15, -0.1) is 5.10 Å². The molecule has 1 rings (SSSR count). The molecule has 0 aliphatic heterocycles. The molecular formula is C9H17N3O4. The predicted molar refractivity (Wildman–Crippen MR) is 58.5 cm³/mol. The van der Waals surface area contributed by atoms with E-state index in [-0.39, 0.29) is 24.8 Å². The highest BCUT2D eigenvalue weighted by molar-refractivity contribution is 5.44. The Morgan fingerprint density at radius 2 is 2.19 bits per heavy atom. The number of H-pyrrole nitrogens is 1. The first-order valence-electron chi connectivity index (χ1n) is 5.09. The molecule has 0 aromatic carbocycles. The summed E-state index contributed by atoms with van der Waals surface area (Å²) in [5.74, 6) is -0.0269. The zero-order valence-electron chi connectivity index (χ0n) is 9.69. The number of aromatic nitrogens is 2. The van der Waals surface area contributed by atoms with Gasteiger partial charge < -0.3 is 9.84 Å². The summed E-state index contributed by atoms with van der Waals surface area (Å²) in [6, 6.07) is 0. The molecule has 92 valence electrons. The Kier molecular flexibility index (Phi) is 6.86. The Labute approximate surface area is 93.6 Å². The van der Waals surface area contributed by atoms with Crippen molar-refractivity contribution in [2.45, 2.75) is 27.2 Å². The van der Waals surface area contributed by atoms with Crippen molar-refractivity contribution in [1.82, 2.24) is 10.2 Å². The van der Waals surface area contributed by atoms with Gasteiger partial charge in [-0.25, -0.2) is 0 Å². The third-order valence-corrected chi connectivity index (χ3v) is 1.61. The lowest BCUT2D eigenvalue weighted by molar-refractivity contribution is -0.386. The second kappa shape index (κ2) is 7.63. The van der Waals surface area contributed by atoms with Crippen molar-refractivity contribution in [3.05, 3.63) is 15.8 Å². The van der Waals surface area contributed by atoms with E-state index in [0.29, 0.717) is 12.1 Å². The molecule has 0 bridgehead atoms. The van der Waals surface area contributed by atoms with Gasteiger partial charge in [0.25, 0.3) is 0 Å². The second-order valence-corrected chi connectivity index (χ2v) is 2.69. The lowest BCUT2D eigenvalue weighted by Gasteiger charge is -1.99. The number of hydrogen-bond donors (Lipinski definition) is 2. The maximum absolute atomic E-state index is 10.6. The Hall–Kier alpha value is -1.63. The molecule has 1 aromatic heterocycles. The molecule has 0 unspecified atom stereocenters. The fraction of sp³-hybridized carbons (Fsp3) is 0.667. The molecule has 0 amide bonds. The topological polar surface area (TPSA) is 101 Å². The fourth-order valence-corrected chi connectivity index (χ4v) is 0.950. The van der Waals surface area contributed by atoms with Gasteiger partial charge in [0, 0.05) is 13.0 Å². The maximum Gasteiger partial charge on any atom is 0.352 e. The van der Waals surface area contributed by atoms with Crippen LogP contribution in [0.25, 0.3) is 0 Å². The van der Waals surface area contributed by atoms with Crippen molar-refractivity contribution >= 4 is 5.69 Å². The van der Waals surface area contributed by atoms with E-state index in [1.165, 1.54) is 0 Å². The molecule has 1 aromatic rings. The molecule has 7 nitrogen and oxygen atoms in total. The monoisotopic (exact) mass is 231 g/mol. The standard InChI is InChI=1S/C7H11N3O4.C2H6/c1-5-6(10(12)13)7(9-8-5)14-4-2-3-11;1-2/h11H,2-4H2,1H3,(H,8,9);1-2H3. The third kappa shape index (κ3) is 3.85. The van der Waals surface area contributed by atoms with Crippen LogP contribution in [-0.4, -0.2) is 33.4 Å². The average Bonchev–Trinajstić information content (AvgIpc) is 2.63. The Morgan fingerprint density at radius 3 is 2.69 bits per heavy atom. The van der Waals surface area contributed by atoms with E-state index in [2.05, 4.69) is 10.2 Å². The van der Waals surface area contributed by atoms with Gasteiger partial charge >= 0.3 is 11.6 Å². The number of aryl methyl sites for hydroxylation is 1. The minimum Gasteiger partial charge on any atom is -0.472 e. The molecule has 0 radical (unpaired) electrons. The van der Waals surface area contributed by atoms with E-state index in [0.717, 1.165) is 0 Å². The zero-order chi connectivity index (χ0) is 12.6. The van der Waals surface area contributed by atoms with Gasteiger partial charge in [-0.2, -0.15) is 0 Å². The van der Waals surface area contributed by atoms with Crippen molar-refractivity contribution in [3.63, 3.8) is 0 Å². The number of aromatic amines is 1. The predicted octanol–water partition coefficient (Wildman–Crippen LogP) is 1.41. The molecule has 1 heterocycles. The first kappa shape index (κ1) is 14.4. The van der Waals surface area contributed by atoms with Crippen molar-refractivity contribution < 1.29 is 14.8 Å². The average molecular weight is 231 g/mol. The van der Waals surface area contributed by atoms with Crippen LogP contribution in [0.2, 0.25) is 0 Å². The van der Waals surface area contributed by atoms with E-state index in [9.17, 15) is 10.1 Å². The number of hydrogen-bond acceptors (Lipinski definition) is 5. The minimum absolute atomic E-state index is 0.0167. The molecule has 0 spiro atoms. The highest BCUT2D eigenvalue weighted by Crippen LogP contribution is 2.26. The maximum atomic E-state index is 10.6. The summed E-state index contributed by atoms with van der Waals surface area (Å²) in [4.78, 5) is 10.0. The Morgan fingerprint density at radius 1 is 1.56 bits per heavy atom. The summed E-state index contributed by atoms with van der Waals surface area (Å²) in [6.45, 7) is 5.74. The Balaban J connectivity index is 0.00000106. The number of rotatable bonds is 5. The van der Waals surface area contributed by atoms with Crippen LogP contribution < -0.4 is 4.74 Å². The lowest BCUT2D eigenvalue weighted by Crippen LogP contribution is -2.02. The van der Waals surface area contributed by atoms with Crippen molar-refractivity contribution in [2.75, 3.05) is 13.2 Å². The normalized spacial score (nSPS) is 9.25. The van der Waals surface area contributed by atoms with Crippen LogP contribution >= 0.6 is 0 Å². The molecule has 7 heteroatoms. The second-order valence-electron chi connectivity index (χ2n) is 2.69. The SMILES string of the molecule is CC.Cc1[nH]nc(OCCCO)c1[N+](=O)[O-]. The minimum atomic E-state index is -0.548. The van der Waals surface area contributed by atoms with Gasteiger partial charge in [-0.3, -0.25) is 15.2 Å². The van der Waals surface area contributed by atoms with Gasteiger partial charge in [0.1, 0.15) is 5.69 Å². The van der Waals surface area contributed by atoms with Crippen LogP contribution in [0.5, 0.6) is 5.88 Å². The molecular weight excluding hydrogens is 214 g/mol. The third-order valence-electron chi connectivity index (χ3n) is 1.61. The van der Waals surface area contributed by atoms with Crippen LogP contribution in [0.1, 0.15) is 26.0 Å². The van der Waals surface area contributed by atoms with Crippen LogP contribution in [0.4, 0.5) is 5.69 Å². The van der Waals surface area contributed by atoms with E-state index in [1.807, 2.05) is 13.8 Å². The number of aliphatic hydroxyl groups is 1. The largest absolute Gasteiger partial charge is 0.472 e. The van der Waals surface area contributed by atoms with Crippen LogP contribution in [0, 0.1) is 17.0 Å². The highest BCUT2D eigenvalue weighted by atomic mass is 16.6. The van der Waals surface area contributed by atoms with Crippen molar-refractivity contribution in [3.8, 4) is 5.88 Å². The molecule has 0 fully saturated rings. The Bertz CT molecular complexity index is 325. The summed E-state index contributed by atoms with van der Waals surface area (Å²) >= 11 is 0. The van der Waals surface area contributed by atoms with Crippen LogP contribution in [0.15, 0.2) is 0 Å². The number of nitro groups is 1. The first-order valence-corrected chi connectivity index (χ1v) is 5.09. The number of ether oxygens (including phenoxy) is 1. The number of nitrogens with one attached hydrogen (secondary N) is 1. The molecule has 2 N–H and O–H groups in total. The van der Waals surface area contributed by atoms with Gasteiger partial charge in [0.05, 0.1) is 11.5 Å². The fourth-order valence-electron chi connectivity index (χ4n) is 0.950. The van der Waals surface area contributed by atoms with Gasteiger partial charge in [0.2, 0.25) is 0 Å². The lowest BCUT2D eigenvalue weighted by atomic mass is 10.4. The van der Waals surface area contributed by atoms with Crippen molar-refractivity contribution in [2.24, 2.45) is 0 Å². The smallest absolute Gasteiger partial charge is 0.352 e. The van der Waals surface area contributed by atoms with Gasteiger partial charge in [-0.1, -0.05) is 13.8 Å². The van der Waals surface area contributed by atoms with Gasteiger partial charge in [-0.05, 0) is 6.92 Å². The van der Waals surface area contributed by atoms with E-state index >= 15 is 0 Å². The molecule has 0 aliphatic rings. The van der Waals surface area contributed by atoms with E-state index < -0.39 is 4.92 Å². The number of aliphatic hydroxyl groups excluding tert-OH is 1. The molecule has 0 atom stereocenters. The highest BCUT2D eigenvalue weighted by Gasteiger charge is 2.22. The van der Waals surface area contributed by atoms with Crippen molar-refractivity contribution in [1.29, 1.82) is 0 Å². The zero-order valence-corrected chi connectivity index (χ0v) is 9.69. The first-order chi connectivity index (χ1) is 7.66. The quantitative estimate of drug-likeness (QED) is 0.453. The molecule has 0 aliphatic carbocycles. The van der Waals surface area contributed by atoms with E-state index in [4.69, 9.17) is 9.84 Å². The summed E-state index contributed by atoms with van der Waals surface area (Å²) in [5, 5.41) is 25.1. The summed E-state index contributed by atoms with van der Waals surface area (Å²) in [6.07, 6.45) is 0.420. The molecule has 0 saturated carbocycles.